The molecule has 0 aliphatic carbocycles. The number of aromatic amines is 1. The molecule has 0 atom stereocenters. The zero-order valence-corrected chi connectivity index (χ0v) is 17.1. The van der Waals surface area contributed by atoms with Crippen molar-refractivity contribution >= 4 is 43.0 Å². The minimum Gasteiger partial charge on any atom is -0.334 e. The van der Waals surface area contributed by atoms with Crippen LogP contribution in [0, 0.1) is 0 Å². The Morgan fingerprint density at radius 3 is 2.54 bits per heavy atom. The maximum atomic E-state index is 12.4. The van der Waals surface area contributed by atoms with E-state index in [4.69, 9.17) is 4.52 Å². The van der Waals surface area contributed by atoms with E-state index in [-0.39, 0.29) is 21.5 Å². The molecule has 0 amide bonds. The number of benzene rings is 1. The van der Waals surface area contributed by atoms with Gasteiger partial charge in [0.2, 0.25) is 11.4 Å². The molecule has 0 radical (unpaired) electrons. The van der Waals surface area contributed by atoms with Gasteiger partial charge in [-0.25, -0.2) is 8.42 Å². The topological polar surface area (TPSA) is 118 Å². The molecule has 0 saturated heterocycles. The molecule has 0 spiro atoms. The van der Waals surface area contributed by atoms with Gasteiger partial charge in [-0.1, -0.05) is 11.2 Å². The van der Waals surface area contributed by atoms with Crippen molar-refractivity contribution < 1.29 is 12.9 Å². The molecule has 1 aromatic carbocycles. The second kappa shape index (κ2) is 7.34. The van der Waals surface area contributed by atoms with Gasteiger partial charge in [-0.3, -0.25) is 9.52 Å². The molecule has 0 fully saturated rings. The van der Waals surface area contributed by atoms with E-state index in [1.54, 1.807) is 42.5 Å². The maximum Gasteiger partial charge on any atom is 0.271 e. The number of aromatic nitrogens is 3. The Kier molecular flexibility index (Phi) is 4.87. The predicted molar refractivity (Wildman–Crippen MR) is 109 cm³/mol. The molecule has 0 saturated carbocycles. The first-order chi connectivity index (χ1) is 13.4. The zero-order chi connectivity index (χ0) is 19.7. The van der Waals surface area contributed by atoms with Gasteiger partial charge in [0, 0.05) is 17.3 Å². The quantitative estimate of drug-likeness (QED) is 0.451. The second-order valence-electron chi connectivity index (χ2n) is 5.59. The Morgan fingerprint density at radius 1 is 1.07 bits per heavy atom. The van der Waals surface area contributed by atoms with E-state index in [2.05, 4.69) is 35.8 Å². The van der Waals surface area contributed by atoms with Crippen molar-refractivity contribution in [2.24, 2.45) is 0 Å². The van der Waals surface area contributed by atoms with Crippen LogP contribution in [-0.2, 0) is 10.0 Å². The lowest BCUT2D eigenvalue weighted by Gasteiger charge is -2.06. The van der Waals surface area contributed by atoms with Crippen molar-refractivity contribution in [3.63, 3.8) is 0 Å². The molecule has 2 N–H and O–H groups in total. The number of nitrogens with one attached hydrogen (secondary N) is 2. The summed E-state index contributed by atoms with van der Waals surface area (Å²) in [6, 6.07) is 14.4. The molecule has 28 heavy (non-hydrogen) atoms. The standard InChI is InChI=1S/C17H11BrN4O4S2/c18-13-8-9-15(27-13)28(24,25)22-11-6-4-10(5-7-11)17-20-16(21-26-17)12-2-1-3-14(23)19-12/h1-9,22H,(H,19,23). The van der Waals surface area contributed by atoms with Gasteiger partial charge >= 0.3 is 0 Å². The molecule has 4 rings (SSSR count). The number of rotatable bonds is 5. The zero-order valence-electron chi connectivity index (χ0n) is 13.9. The van der Waals surface area contributed by atoms with E-state index in [9.17, 15) is 13.2 Å². The highest BCUT2D eigenvalue weighted by Crippen LogP contribution is 2.28. The average molecular weight is 479 g/mol. The number of hydrogen-bond donors (Lipinski definition) is 2. The van der Waals surface area contributed by atoms with Crippen molar-refractivity contribution in [3.05, 3.63) is 68.7 Å². The molecule has 0 bridgehead atoms. The number of nitrogens with zero attached hydrogens (tertiary/aromatic N) is 2. The van der Waals surface area contributed by atoms with E-state index in [1.165, 1.54) is 12.1 Å². The van der Waals surface area contributed by atoms with Gasteiger partial charge in [-0.2, -0.15) is 4.98 Å². The number of thiophene rings is 1. The third-order valence-electron chi connectivity index (χ3n) is 3.63. The SMILES string of the molecule is O=c1cccc(-c2noc(-c3ccc(NS(=O)(=O)c4ccc(Br)s4)cc3)n2)[nH]1. The van der Waals surface area contributed by atoms with Crippen LogP contribution in [-0.4, -0.2) is 23.5 Å². The molecule has 4 aromatic rings. The fourth-order valence-electron chi connectivity index (χ4n) is 2.36. The van der Waals surface area contributed by atoms with Crippen LogP contribution in [0.5, 0.6) is 0 Å². The molecule has 11 heteroatoms. The van der Waals surface area contributed by atoms with Gasteiger partial charge in [0.05, 0.1) is 9.48 Å². The lowest BCUT2D eigenvalue weighted by Crippen LogP contribution is -2.11. The fraction of sp³-hybridized carbons (Fsp3) is 0. The minimum atomic E-state index is -3.65. The Labute approximate surface area is 171 Å². The van der Waals surface area contributed by atoms with Crippen molar-refractivity contribution in [3.8, 4) is 23.0 Å². The van der Waals surface area contributed by atoms with Crippen molar-refractivity contribution in [2.75, 3.05) is 4.72 Å². The summed E-state index contributed by atoms with van der Waals surface area (Å²) in [6.07, 6.45) is 0. The largest absolute Gasteiger partial charge is 0.334 e. The first-order valence-electron chi connectivity index (χ1n) is 7.83. The van der Waals surface area contributed by atoms with E-state index < -0.39 is 10.0 Å². The molecule has 3 aromatic heterocycles. The monoisotopic (exact) mass is 478 g/mol. The Balaban J connectivity index is 1.55. The van der Waals surface area contributed by atoms with Crippen molar-refractivity contribution in [2.45, 2.75) is 4.21 Å². The lowest BCUT2D eigenvalue weighted by molar-refractivity contribution is 0.432. The van der Waals surface area contributed by atoms with Crippen LogP contribution in [0.15, 0.2) is 71.9 Å². The predicted octanol–water partition coefficient (Wildman–Crippen LogP) is 3.72. The highest BCUT2D eigenvalue weighted by Gasteiger charge is 2.17. The summed E-state index contributed by atoms with van der Waals surface area (Å²) >= 11 is 4.37. The number of hydrogen-bond acceptors (Lipinski definition) is 7. The third kappa shape index (κ3) is 3.91. The summed E-state index contributed by atoms with van der Waals surface area (Å²) in [5.41, 5.74) is 1.19. The van der Waals surface area contributed by atoms with Crippen LogP contribution < -0.4 is 10.3 Å². The van der Waals surface area contributed by atoms with E-state index in [0.29, 0.717) is 16.9 Å². The van der Waals surface area contributed by atoms with Crippen molar-refractivity contribution in [1.82, 2.24) is 15.1 Å². The average Bonchev–Trinajstić information content (AvgIpc) is 3.32. The van der Waals surface area contributed by atoms with Crippen LogP contribution in [0.1, 0.15) is 0 Å². The first-order valence-corrected chi connectivity index (χ1v) is 10.9. The fourth-order valence-corrected chi connectivity index (χ4v) is 5.43. The lowest BCUT2D eigenvalue weighted by atomic mass is 10.2. The number of halogens is 1. The van der Waals surface area contributed by atoms with Gasteiger partial charge in [0.25, 0.3) is 15.9 Å². The molecule has 8 nitrogen and oxygen atoms in total. The van der Waals surface area contributed by atoms with E-state index in [1.807, 2.05) is 0 Å². The molecule has 3 heterocycles. The van der Waals surface area contributed by atoms with Crippen molar-refractivity contribution in [1.29, 1.82) is 0 Å². The molecule has 142 valence electrons. The minimum absolute atomic E-state index is 0.210. The Morgan fingerprint density at radius 2 is 1.86 bits per heavy atom. The number of anilines is 1. The molecular weight excluding hydrogens is 468 g/mol. The summed E-state index contributed by atoms with van der Waals surface area (Å²) in [5, 5.41) is 3.86. The van der Waals surface area contributed by atoms with Gasteiger partial charge in [-0.15, -0.1) is 11.3 Å². The summed E-state index contributed by atoms with van der Waals surface area (Å²) in [4.78, 5) is 18.3. The van der Waals surface area contributed by atoms with Crippen LogP contribution >= 0.6 is 27.3 Å². The van der Waals surface area contributed by atoms with Gasteiger partial charge in [-0.05, 0) is 58.4 Å². The molecule has 0 aliphatic heterocycles. The molecule has 0 aliphatic rings. The normalized spacial score (nSPS) is 11.5. The van der Waals surface area contributed by atoms with Gasteiger partial charge in [0.15, 0.2) is 0 Å². The number of H-pyrrole nitrogens is 1. The summed E-state index contributed by atoms with van der Waals surface area (Å²) in [7, 11) is -3.65. The molecule has 0 unspecified atom stereocenters. The number of sulfonamides is 1. The maximum absolute atomic E-state index is 12.4. The summed E-state index contributed by atoms with van der Waals surface area (Å²) in [5.74, 6) is 0.497. The third-order valence-corrected chi connectivity index (χ3v) is 7.13. The first kappa shape index (κ1) is 18.6. The van der Waals surface area contributed by atoms with E-state index in [0.717, 1.165) is 15.1 Å². The van der Waals surface area contributed by atoms with Gasteiger partial charge < -0.3 is 9.51 Å². The highest BCUT2D eigenvalue weighted by atomic mass is 79.9. The van der Waals surface area contributed by atoms with Crippen LogP contribution in [0.2, 0.25) is 0 Å². The van der Waals surface area contributed by atoms with Crippen LogP contribution in [0.3, 0.4) is 0 Å². The second-order valence-corrected chi connectivity index (χ2v) is 9.97. The number of pyridine rings is 1. The smallest absolute Gasteiger partial charge is 0.271 e. The van der Waals surface area contributed by atoms with E-state index >= 15 is 0 Å². The van der Waals surface area contributed by atoms with Gasteiger partial charge in [0.1, 0.15) is 4.21 Å². The summed E-state index contributed by atoms with van der Waals surface area (Å²) < 4.78 is 33.4. The summed E-state index contributed by atoms with van der Waals surface area (Å²) in [6.45, 7) is 0. The Bertz CT molecular complexity index is 1290. The highest BCUT2D eigenvalue weighted by molar-refractivity contribution is 9.11. The Hall–Kier alpha value is -2.76. The molecular formula is C17H11BrN4O4S2. The van der Waals surface area contributed by atoms with Crippen LogP contribution in [0.25, 0.3) is 23.0 Å². The van der Waals surface area contributed by atoms with Crippen LogP contribution in [0.4, 0.5) is 5.69 Å².